The second-order valence-corrected chi connectivity index (χ2v) is 6.67. The average molecular weight is 302 g/mol. The first-order chi connectivity index (χ1) is 8.82. The van der Waals surface area contributed by atoms with Gasteiger partial charge in [-0.2, -0.15) is 5.26 Å². The number of esters is 1. The lowest BCUT2D eigenvalue weighted by Gasteiger charge is -2.06. The summed E-state index contributed by atoms with van der Waals surface area (Å²) in [6.07, 6.45) is 0. The fourth-order valence-electron chi connectivity index (χ4n) is 1.41. The molecule has 0 bridgehead atoms. The van der Waals surface area contributed by atoms with Crippen LogP contribution >= 0.6 is 11.3 Å². The minimum absolute atomic E-state index is 0.198. The number of rotatable bonds is 5. The Morgan fingerprint density at radius 2 is 2.11 bits per heavy atom. The highest BCUT2D eigenvalue weighted by atomic mass is 32.2. The number of carbonyl (C=O) groups excluding carboxylic acids is 1. The first-order valence-corrected chi connectivity index (χ1v) is 7.93. The van der Waals surface area contributed by atoms with Gasteiger partial charge in [0.25, 0.3) is 0 Å². The molecule has 0 spiro atoms. The molecule has 104 valence electrons. The van der Waals surface area contributed by atoms with Crippen molar-refractivity contribution < 1.29 is 17.9 Å². The van der Waals surface area contributed by atoms with Gasteiger partial charge in [-0.25, -0.2) is 13.2 Å². The summed E-state index contributed by atoms with van der Waals surface area (Å²) < 4.78 is 30.3. The maximum atomic E-state index is 11.8. The number of nitriles is 1. The Morgan fingerprint density at radius 3 is 2.63 bits per heavy atom. The van der Waals surface area contributed by atoms with Crippen molar-refractivity contribution in [1.82, 2.24) is 0 Å². The molecule has 0 radical (unpaired) electrons. The highest BCUT2D eigenvalue weighted by Crippen LogP contribution is 2.33. The summed E-state index contributed by atoms with van der Waals surface area (Å²) in [4.78, 5) is 12.6. The highest BCUT2D eigenvalue weighted by molar-refractivity contribution is 7.93. The number of nitrogens with one attached hydrogen (secondary N) is 1. The predicted molar refractivity (Wildman–Crippen MR) is 72.8 cm³/mol. The van der Waals surface area contributed by atoms with Gasteiger partial charge >= 0.3 is 5.97 Å². The maximum Gasteiger partial charge on any atom is 0.341 e. The van der Waals surface area contributed by atoms with Crippen molar-refractivity contribution >= 4 is 32.3 Å². The van der Waals surface area contributed by atoms with Crippen LogP contribution in [0.4, 0.5) is 5.00 Å². The highest BCUT2D eigenvalue weighted by Gasteiger charge is 2.23. The number of carbonyl (C=O) groups is 1. The molecule has 0 fully saturated rings. The summed E-state index contributed by atoms with van der Waals surface area (Å²) in [5.74, 6) is -1.23. The maximum absolute atomic E-state index is 11.8. The molecule has 0 saturated heterocycles. The second-order valence-electron chi connectivity index (χ2n) is 3.73. The largest absolute Gasteiger partial charge is 0.462 e. The van der Waals surface area contributed by atoms with Crippen LogP contribution in [0.25, 0.3) is 0 Å². The molecule has 1 aromatic rings. The van der Waals surface area contributed by atoms with Crippen molar-refractivity contribution in [1.29, 1.82) is 5.26 Å². The topological polar surface area (TPSA) is 96.3 Å². The Bertz CT molecular complexity index is 626. The fraction of sp³-hybridized carbons (Fsp3) is 0.455. The van der Waals surface area contributed by atoms with E-state index >= 15 is 0 Å². The van der Waals surface area contributed by atoms with E-state index in [0.717, 1.165) is 16.2 Å². The van der Waals surface area contributed by atoms with Crippen LogP contribution in [0.3, 0.4) is 0 Å². The standard InChI is InChI=1S/C11H14N2O4S2/c1-4-17-11(14)9-7(2)8(3)18-10(9)13-19(15,16)6-5-12/h13H,4,6H2,1-3H3. The van der Waals surface area contributed by atoms with Crippen molar-refractivity contribution in [3.8, 4) is 6.07 Å². The predicted octanol–water partition coefficient (Wildman–Crippen LogP) is 1.81. The number of hydrogen-bond donors (Lipinski definition) is 1. The molecule has 0 aliphatic rings. The molecule has 1 aromatic heterocycles. The molecular formula is C11H14N2O4S2. The van der Waals surface area contributed by atoms with Gasteiger partial charge in [0.05, 0.1) is 18.2 Å². The Balaban J connectivity index is 3.19. The molecule has 0 aliphatic carbocycles. The summed E-state index contributed by atoms with van der Waals surface area (Å²) in [6.45, 7) is 5.38. The molecule has 0 aromatic carbocycles. The van der Waals surface area contributed by atoms with E-state index < -0.39 is 21.7 Å². The molecule has 6 nitrogen and oxygen atoms in total. The van der Waals surface area contributed by atoms with Crippen LogP contribution in [-0.4, -0.2) is 26.7 Å². The van der Waals surface area contributed by atoms with Crippen LogP contribution < -0.4 is 4.72 Å². The van der Waals surface area contributed by atoms with Crippen LogP contribution in [0.2, 0.25) is 0 Å². The van der Waals surface area contributed by atoms with Gasteiger partial charge < -0.3 is 4.74 Å². The summed E-state index contributed by atoms with van der Waals surface area (Å²) in [7, 11) is -3.77. The van der Waals surface area contributed by atoms with Gasteiger partial charge in [-0.15, -0.1) is 11.3 Å². The van der Waals surface area contributed by atoms with Crippen LogP contribution in [-0.2, 0) is 14.8 Å². The number of aryl methyl sites for hydroxylation is 1. The molecule has 0 atom stereocenters. The van der Waals surface area contributed by atoms with Crippen molar-refractivity contribution in [2.75, 3.05) is 17.1 Å². The van der Waals surface area contributed by atoms with Gasteiger partial charge in [-0.05, 0) is 26.3 Å². The minimum Gasteiger partial charge on any atom is -0.462 e. The lowest BCUT2D eigenvalue weighted by Crippen LogP contribution is -2.17. The SMILES string of the molecule is CCOC(=O)c1c(NS(=O)(=O)CC#N)sc(C)c1C. The normalized spacial score (nSPS) is 10.8. The number of nitrogens with zero attached hydrogens (tertiary/aromatic N) is 1. The Hall–Kier alpha value is -1.59. The van der Waals surface area contributed by atoms with Crippen molar-refractivity contribution in [2.24, 2.45) is 0 Å². The molecule has 1 heterocycles. The third-order valence-corrected chi connectivity index (χ3v) is 4.64. The molecule has 0 aliphatic heterocycles. The monoisotopic (exact) mass is 302 g/mol. The summed E-state index contributed by atoms with van der Waals surface area (Å²) >= 11 is 1.15. The van der Waals surface area contributed by atoms with Crippen molar-refractivity contribution in [3.63, 3.8) is 0 Å². The van der Waals surface area contributed by atoms with Crippen molar-refractivity contribution in [2.45, 2.75) is 20.8 Å². The van der Waals surface area contributed by atoms with Crippen LogP contribution in [0.5, 0.6) is 0 Å². The number of thiophene rings is 1. The molecule has 0 amide bonds. The van der Waals surface area contributed by atoms with E-state index in [4.69, 9.17) is 10.00 Å². The van der Waals surface area contributed by atoms with Gasteiger partial charge in [-0.1, -0.05) is 0 Å². The van der Waals surface area contributed by atoms with Crippen LogP contribution in [0, 0.1) is 25.2 Å². The van der Waals surface area contributed by atoms with Gasteiger partial charge in [0.2, 0.25) is 10.0 Å². The van der Waals surface area contributed by atoms with E-state index in [2.05, 4.69) is 4.72 Å². The quantitative estimate of drug-likeness (QED) is 0.837. The second kappa shape index (κ2) is 6.04. The third-order valence-electron chi connectivity index (χ3n) is 2.37. The molecular weight excluding hydrogens is 288 g/mol. The van der Waals surface area contributed by atoms with E-state index in [9.17, 15) is 13.2 Å². The lowest BCUT2D eigenvalue weighted by molar-refractivity contribution is 0.0527. The van der Waals surface area contributed by atoms with Gasteiger partial charge in [0.1, 0.15) is 5.00 Å². The number of sulfonamides is 1. The van der Waals surface area contributed by atoms with E-state index in [0.29, 0.717) is 5.56 Å². The van der Waals surface area contributed by atoms with Crippen molar-refractivity contribution in [3.05, 3.63) is 16.0 Å². The molecule has 1 N–H and O–H groups in total. The van der Waals surface area contributed by atoms with Crippen LogP contribution in [0.1, 0.15) is 27.7 Å². The lowest BCUT2D eigenvalue weighted by atomic mass is 10.2. The van der Waals surface area contributed by atoms with Gasteiger partial charge in [-0.3, -0.25) is 4.72 Å². The molecule has 8 heteroatoms. The Labute approximate surface area is 116 Å². The summed E-state index contributed by atoms with van der Waals surface area (Å²) in [5, 5.41) is 8.64. The number of anilines is 1. The van der Waals surface area contributed by atoms with Gasteiger partial charge in [0, 0.05) is 4.88 Å². The zero-order chi connectivity index (χ0) is 14.6. The minimum atomic E-state index is -3.77. The van der Waals surface area contributed by atoms with E-state index in [-0.39, 0.29) is 17.2 Å². The first-order valence-electron chi connectivity index (χ1n) is 5.47. The molecule has 1 rings (SSSR count). The zero-order valence-corrected chi connectivity index (χ0v) is 12.4. The van der Waals surface area contributed by atoms with Gasteiger partial charge in [0.15, 0.2) is 5.75 Å². The summed E-state index contributed by atoms with van der Waals surface area (Å²) in [6, 6.07) is 1.56. The van der Waals surface area contributed by atoms with E-state index in [1.807, 2.05) is 0 Å². The zero-order valence-electron chi connectivity index (χ0n) is 10.8. The Kier molecular flexibility index (Phi) is 4.91. The molecule has 19 heavy (non-hydrogen) atoms. The number of hydrogen-bond acceptors (Lipinski definition) is 6. The molecule has 0 saturated carbocycles. The first kappa shape index (κ1) is 15.5. The smallest absolute Gasteiger partial charge is 0.341 e. The number of ether oxygens (including phenoxy) is 1. The average Bonchev–Trinajstić information content (AvgIpc) is 2.53. The van der Waals surface area contributed by atoms with Crippen LogP contribution in [0.15, 0.2) is 0 Å². The third kappa shape index (κ3) is 3.68. The van der Waals surface area contributed by atoms with E-state index in [1.54, 1.807) is 26.8 Å². The fourth-order valence-corrected chi connectivity index (χ4v) is 3.48. The Morgan fingerprint density at radius 1 is 1.47 bits per heavy atom. The summed E-state index contributed by atoms with van der Waals surface area (Å²) in [5.41, 5.74) is 0.893. The molecule has 0 unspecified atom stereocenters. The van der Waals surface area contributed by atoms with E-state index in [1.165, 1.54) is 0 Å².